The van der Waals surface area contributed by atoms with Crippen LogP contribution in [-0.2, 0) is 19.1 Å². The summed E-state index contributed by atoms with van der Waals surface area (Å²) in [5.41, 5.74) is 1.97. The summed E-state index contributed by atoms with van der Waals surface area (Å²) < 4.78 is 5.00. The molecule has 4 amide bonds. The third-order valence-corrected chi connectivity index (χ3v) is 5.71. The number of nitrogens with one attached hydrogen (secondary N) is 2. The summed E-state index contributed by atoms with van der Waals surface area (Å²) in [6.45, 7) is 3.64. The van der Waals surface area contributed by atoms with Crippen molar-refractivity contribution in [1.29, 1.82) is 0 Å². The predicted molar refractivity (Wildman–Crippen MR) is 106 cm³/mol. The van der Waals surface area contributed by atoms with Gasteiger partial charge in [0.2, 0.25) is 0 Å². The zero-order valence-corrected chi connectivity index (χ0v) is 16.9. The van der Waals surface area contributed by atoms with Crippen LogP contribution in [0, 0.1) is 13.8 Å². The van der Waals surface area contributed by atoms with Crippen LogP contribution in [0.15, 0.2) is 18.2 Å². The van der Waals surface area contributed by atoms with E-state index in [1.807, 2.05) is 26.0 Å². The van der Waals surface area contributed by atoms with E-state index in [9.17, 15) is 19.2 Å². The first-order valence-electron chi connectivity index (χ1n) is 9.98. The number of carbonyl (C=O) groups is 4. The van der Waals surface area contributed by atoms with Crippen LogP contribution >= 0.6 is 0 Å². The number of benzene rings is 1. The summed E-state index contributed by atoms with van der Waals surface area (Å²) in [5.74, 6) is -1.14. The second-order valence-electron chi connectivity index (χ2n) is 7.74. The van der Waals surface area contributed by atoms with Gasteiger partial charge in [-0.15, -0.1) is 0 Å². The van der Waals surface area contributed by atoms with Crippen LogP contribution in [0.2, 0.25) is 0 Å². The lowest BCUT2D eigenvalue weighted by atomic mass is 9.98. The molecule has 3 rings (SSSR count). The van der Waals surface area contributed by atoms with Crippen LogP contribution in [0.25, 0.3) is 0 Å². The largest absolute Gasteiger partial charge is 0.456 e. The van der Waals surface area contributed by atoms with Gasteiger partial charge in [0.05, 0.1) is 0 Å². The molecule has 2 fully saturated rings. The highest BCUT2D eigenvalue weighted by Crippen LogP contribution is 2.35. The fourth-order valence-corrected chi connectivity index (χ4v) is 3.87. The molecule has 0 unspecified atom stereocenters. The lowest BCUT2D eigenvalue weighted by molar-refractivity contribution is -0.147. The molecule has 1 heterocycles. The van der Waals surface area contributed by atoms with Gasteiger partial charge in [-0.1, -0.05) is 25.0 Å². The number of hydrogen-bond acceptors (Lipinski definition) is 5. The number of carbonyl (C=O) groups excluding carboxylic acids is 4. The van der Waals surface area contributed by atoms with Crippen molar-refractivity contribution < 1.29 is 23.9 Å². The fourth-order valence-electron chi connectivity index (χ4n) is 3.87. The van der Waals surface area contributed by atoms with E-state index in [-0.39, 0.29) is 25.5 Å². The second kappa shape index (κ2) is 8.63. The maximum atomic E-state index is 12.5. The quantitative estimate of drug-likeness (QED) is 0.539. The van der Waals surface area contributed by atoms with Gasteiger partial charge >= 0.3 is 12.0 Å². The van der Waals surface area contributed by atoms with Gasteiger partial charge < -0.3 is 15.4 Å². The van der Waals surface area contributed by atoms with Crippen molar-refractivity contribution in [2.45, 2.75) is 57.9 Å². The molecule has 1 saturated heterocycles. The number of esters is 1. The first-order valence-corrected chi connectivity index (χ1v) is 9.98. The summed E-state index contributed by atoms with van der Waals surface area (Å²) in [4.78, 5) is 49.7. The van der Waals surface area contributed by atoms with Crippen molar-refractivity contribution in [3.8, 4) is 0 Å². The first-order chi connectivity index (χ1) is 13.8. The molecule has 8 heteroatoms. The molecule has 156 valence electrons. The maximum absolute atomic E-state index is 12.5. The minimum Gasteiger partial charge on any atom is -0.456 e. The third-order valence-electron chi connectivity index (χ3n) is 5.71. The highest BCUT2D eigenvalue weighted by Gasteiger charge is 2.52. The molecule has 1 saturated carbocycles. The molecular formula is C21H27N3O5. The van der Waals surface area contributed by atoms with Crippen LogP contribution in [0.1, 0.15) is 49.7 Å². The average molecular weight is 401 g/mol. The second-order valence-corrected chi connectivity index (χ2v) is 7.74. The zero-order valence-electron chi connectivity index (χ0n) is 16.9. The van der Waals surface area contributed by atoms with E-state index < -0.39 is 23.4 Å². The Morgan fingerprint density at radius 2 is 1.93 bits per heavy atom. The zero-order chi connectivity index (χ0) is 21.0. The van der Waals surface area contributed by atoms with Gasteiger partial charge in [-0.3, -0.25) is 19.3 Å². The molecule has 2 N–H and O–H groups in total. The van der Waals surface area contributed by atoms with Crippen molar-refractivity contribution >= 4 is 29.5 Å². The number of imide groups is 1. The summed E-state index contributed by atoms with van der Waals surface area (Å²) in [5, 5.41) is 5.53. The van der Waals surface area contributed by atoms with Crippen LogP contribution in [0.3, 0.4) is 0 Å². The molecular weight excluding hydrogens is 374 g/mol. The molecule has 1 aliphatic heterocycles. The Bertz CT molecular complexity index is 830. The molecule has 0 aromatic heterocycles. The summed E-state index contributed by atoms with van der Waals surface area (Å²) >= 11 is 0. The van der Waals surface area contributed by atoms with Gasteiger partial charge in [0.1, 0.15) is 5.54 Å². The standard InChI is InChI=1S/C21H27N3O5/c1-14-7-5-8-16(15(14)2)22-17(25)13-29-18(26)9-6-12-24-19(27)21(23-20(24)28)10-3-4-11-21/h5,7-8H,3-4,6,9-13H2,1-2H3,(H,22,25)(H,23,28). The van der Waals surface area contributed by atoms with Crippen LogP contribution in [0.5, 0.6) is 0 Å². The monoisotopic (exact) mass is 401 g/mol. The van der Waals surface area contributed by atoms with Gasteiger partial charge in [0.25, 0.3) is 11.8 Å². The smallest absolute Gasteiger partial charge is 0.325 e. The Hall–Kier alpha value is -2.90. The molecule has 1 aromatic carbocycles. The maximum Gasteiger partial charge on any atom is 0.325 e. The number of aryl methyl sites for hydroxylation is 1. The molecule has 0 bridgehead atoms. The SMILES string of the molecule is Cc1cccc(NC(=O)COC(=O)CCCN2C(=O)NC3(CCCC3)C2=O)c1C. The number of amides is 4. The minimum atomic E-state index is -0.733. The fraction of sp³-hybridized carbons (Fsp3) is 0.524. The molecule has 8 nitrogen and oxygen atoms in total. The van der Waals surface area contributed by atoms with Gasteiger partial charge in [0, 0.05) is 18.7 Å². The van der Waals surface area contributed by atoms with Crippen molar-refractivity contribution in [3.63, 3.8) is 0 Å². The summed E-state index contributed by atoms with van der Waals surface area (Å²) in [6, 6.07) is 5.19. The van der Waals surface area contributed by atoms with Crippen LogP contribution in [0.4, 0.5) is 10.5 Å². The molecule has 0 atom stereocenters. The normalized spacial score (nSPS) is 17.5. The Labute approximate surface area is 170 Å². The number of urea groups is 1. The Kier molecular flexibility index (Phi) is 6.20. The Balaban J connectivity index is 1.39. The number of anilines is 1. The van der Waals surface area contributed by atoms with E-state index >= 15 is 0 Å². The number of hydrogen-bond donors (Lipinski definition) is 2. The van der Waals surface area contributed by atoms with Crippen molar-refractivity contribution in [1.82, 2.24) is 10.2 Å². The van der Waals surface area contributed by atoms with E-state index in [1.54, 1.807) is 6.07 Å². The topological polar surface area (TPSA) is 105 Å². The molecule has 0 radical (unpaired) electrons. The highest BCUT2D eigenvalue weighted by atomic mass is 16.5. The van der Waals surface area contributed by atoms with Crippen molar-refractivity contribution in [2.24, 2.45) is 0 Å². The molecule has 1 aliphatic carbocycles. The number of nitrogens with zero attached hydrogens (tertiary/aromatic N) is 1. The predicted octanol–water partition coefficient (Wildman–Crippen LogP) is 2.43. The summed E-state index contributed by atoms with van der Waals surface area (Å²) in [7, 11) is 0. The molecule has 29 heavy (non-hydrogen) atoms. The van der Waals surface area contributed by atoms with E-state index in [4.69, 9.17) is 4.74 Å². The molecule has 1 spiro atoms. The highest BCUT2D eigenvalue weighted by molar-refractivity contribution is 6.07. The van der Waals surface area contributed by atoms with Gasteiger partial charge in [-0.05, 0) is 50.3 Å². The van der Waals surface area contributed by atoms with E-state index in [1.165, 1.54) is 4.90 Å². The van der Waals surface area contributed by atoms with E-state index in [2.05, 4.69) is 10.6 Å². The first kappa shape index (κ1) is 20.8. The Morgan fingerprint density at radius 3 is 2.66 bits per heavy atom. The van der Waals surface area contributed by atoms with Gasteiger partial charge in [0.15, 0.2) is 6.61 Å². The number of rotatable bonds is 7. The van der Waals surface area contributed by atoms with Crippen molar-refractivity contribution in [2.75, 3.05) is 18.5 Å². The van der Waals surface area contributed by atoms with Crippen LogP contribution < -0.4 is 10.6 Å². The number of ether oxygens (including phenoxy) is 1. The average Bonchev–Trinajstić information content (AvgIpc) is 3.24. The lowest BCUT2D eigenvalue weighted by Gasteiger charge is -2.19. The third kappa shape index (κ3) is 4.58. The van der Waals surface area contributed by atoms with Gasteiger partial charge in [-0.2, -0.15) is 0 Å². The lowest BCUT2D eigenvalue weighted by Crippen LogP contribution is -2.44. The molecule has 1 aromatic rings. The molecule has 2 aliphatic rings. The van der Waals surface area contributed by atoms with E-state index in [0.717, 1.165) is 24.0 Å². The minimum absolute atomic E-state index is 0.0286. The van der Waals surface area contributed by atoms with Crippen molar-refractivity contribution in [3.05, 3.63) is 29.3 Å². The van der Waals surface area contributed by atoms with Crippen LogP contribution in [-0.4, -0.2) is 47.4 Å². The van der Waals surface area contributed by atoms with E-state index in [0.29, 0.717) is 24.9 Å². The van der Waals surface area contributed by atoms with Gasteiger partial charge in [-0.25, -0.2) is 4.79 Å². The summed E-state index contributed by atoms with van der Waals surface area (Å²) in [6.07, 6.45) is 3.53. The Morgan fingerprint density at radius 1 is 1.21 bits per heavy atom.